The Kier molecular flexibility index (Phi) is 7.44. The van der Waals surface area contributed by atoms with Crippen LogP contribution in [0.4, 0.5) is 0 Å². The van der Waals surface area contributed by atoms with E-state index in [1.54, 1.807) is 0 Å². The lowest BCUT2D eigenvalue weighted by atomic mass is 10.1. The van der Waals surface area contributed by atoms with Crippen LogP contribution in [0, 0.1) is 23.7 Å². The van der Waals surface area contributed by atoms with Gasteiger partial charge in [0.1, 0.15) is 6.61 Å². The van der Waals surface area contributed by atoms with E-state index in [0.29, 0.717) is 12.6 Å². The monoisotopic (exact) mass is 255 g/mol. The molecule has 0 aromatic heterocycles. The van der Waals surface area contributed by atoms with Crippen LogP contribution in [0.2, 0.25) is 0 Å². The highest BCUT2D eigenvalue weighted by Gasteiger charge is 2.00. The van der Waals surface area contributed by atoms with Crippen LogP contribution in [0.5, 0.6) is 0 Å². The van der Waals surface area contributed by atoms with E-state index in [1.165, 1.54) is 5.56 Å². The van der Waals surface area contributed by atoms with Crippen molar-refractivity contribution in [1.82, 2.24) is 5.32 Å². The van der Waals surface area contributed by atoms with Gasteiger partial charge in [-0.15, -0.1) is 0 Å². The minimum absolute atomic E-state index is 0.359. The van der Waals surface area contributed by atoms with Crippen LogP contribution < -0.4 is 5.32 Å². The summed E-state index contributed by atoms with van der Waals surface area (Å²) in [4.78, 5) is 0. The number of rotatable bonds is 5. The average Bonchev–Trinajstić information content (AvgIpc) is 2.46. The molecule has 0 aliphatic rings. The molecule has 0 aliphatic carbocycles. The van der Waals surface area contributed by atoms with Gasteiger partial charge in [0.2, 0.25) is 0 Å². The molecule has 100 valence electrons. The Hall–Kier alpha value is -1.74. The Labute approximate surface area is 116 Å². The van der Waals surface area contributed by atoms with Crippen molar-refractivity contribution in [3.05, 3.63) is 35.4 Å². The van der Waals surface area contributed by atoms with Gasteiger partial charge in [-0.1, -0.05) is 30.9 Å². The molecule has 0 heterocycles. The highest BCUT2D eigenvalue weighted by Crippen LogP contribution is 2.11. The maximum absolute atomic E-state index is 5.24. The maximum Gasteiger partial charge on any atom is 0.108 e. The molecule has 1 atom stereocenters. The fraction of sp³-hybridized carbons (Fsp3) is 0.412. The summed E-state index contributed by atoms with van der Waals surface area (Å²) < 4.78 is 5.24. The fourth-order valence-corrected chi connectivity index (χ4v) is 1.47. The van der Waals surface area contributed by atoms with Crippen molar-refractivity contribution in [2.75, 3.05) is 20.3 Å². The normalized spacial score (nSPS) is 10.9. The van der Waals surface area contributed by atoms with E-state index in [0.717, 1.165) is 18.6 Å². The molecule has 2 heteroatoms. The molecular formula is C17H21NO. The summed E-state index contributed by atoms with van der Waals surface area (Å²) in [6.07, 6.45) is 1.02. The van der Waals surface area contributed by atoms with Gasteiger partial charge >= 0.3 is 0 Å². The number of benzene rings is 1. The summed E-state index contributed by atoms with van der Waals surface area (Å²) in [5.74, 6) is 11.5. The van der Waals surface area contributed by atoms with Gasteiger partial charge in [0, 0.05) is 18.2 Å². The zero-order valence-electron chi connectivity index (χ0n) is 11.9. The topological polar surface area (TPSA) is 21.3 Å². The third-order valence-corrected chi connectivity index (χ3v) is 2.72. The van der Waals surface area contributed by atoms with E-state index in [9.17, 15) is 0 Å². The molecule has 0 fully saturated rings. The van der Waals surface area contributed by atoms with Gasteiger partial charge in [-0.05, 0) is 49.9 Å². The zero-order chi connectivity index (χ0) is 13.9. The van der Waals surface area contributed by atoms with E-state index < -0.39 is 0 Å². The number of hydrogen-bond acceptors (Lipinski definition) is 2. The van der Waals surface area contributed by atoms with Crippen LogP contribution >= 0.6 is 0 Å². The summed E-state index contributed by atoms with van der Waals surface area (Å²) in [5.41, 5.74) is 2.24. The zero-order valence-corrected chi connectivity index (χ0v) is 11.9. The highest BCUT2D eigenvalue weighted by atomic mass is 16.5. The van der Waals surface area contributed by atoms with Gasteiger partial charge in [-0.3, -0.25) is 0 Å². The van der Waals surface area contributed by atoms with E-state index in [4.69, 9.17) is 4.74 Å². The maximum atomic E-state index is 5.24. The molecular weight excluding hydrogens is 234 g/mol. The molecule has 19 heavy (non-hydrogen) atoms. The first-order chi connectivity index (χ1) is 9.27. The Morgan fingerprint density at radius 1 is 1.21 bits per heavy atom. The quantitative estimate of drug-likeness (QED) is 0.645. The smallest absolute Gasteiger partial charge is 0.108 e. The first-order valence-electron chi connectivity index (χ1n) is 6.61. The van der Waals surface area contributed by atoms with Crippen molar-refractivity contribution in [1.29, 1.82) is 0 Å². The molecule has 1 rings (SSSR count). The SMILES string of the molecule is CCCOCC#CC#Cc1ccc(C(C)NC)cc1. The Bertz CT molecular complexity index is 482. The second kappa shape index (κ2) is 9.22. The van der Waals surface area contributed by atoms with Crippen molar-refractivity contribution in [3.63, 3.8) is 0 Å². The second-order valence-electron chi connectivity index (χ2n) is 4.24. The van der Waals surface area contributed by atoms with Crippen LogP contribution in [0.1, 0.15) is 37.4 Å². The Morgan fingerprint density at radius 3 is 2.58 bits per heavy atom. The minimum Gasteiger partial charge on any atom is -0.369 e. The summed E-state index contributed by atoms with van der Waals surface area (Å²) in [7, 11) is 1.95. The number of hydrogen-bond donors (Lipinski definition) is 1. The van der Waals surface area contributed by atoms with Crippen molar-refractivity contribution < 1.29 is 4.74 Å². The van der Waals surface area contributed by atoms with Crippen molar-refractivity contribution in [3.8, 4) is 23.7 Å². The summed E-state index contributed by atoms with van der Waals surface area (Å²) >= 11 is 0. The van der Waals surface area contributed by atoms with Crippen LogP contribution in [0.3, 0.4) is 0 Å². The molecule has 1 aromatic carbocycles. The molecule has 1 unspecified atom stereocenters. The molecule has 0 aliphatic heterocycles. The number of nitrogens with one attached hydrogen (secondary N) is 1. The van der Waals surface area contributed by atoms with Gasteiger partial charge in [-0.2, -0.15) is 0 Å². The molecule has 1 aromatic rings. The molecule has 0 saturated heterocycles. The third kappa shape index (κ3) is 6.11. The van der Waals surface area contributed by atoms with E-state index in [-0.39, 0.29) is 0 Å². The lowest BCUT2D eigenvalue weighted by Gasteiger charge is -2.09. The summed E-state index contributed by atoms with van der Waals surface area (Å²) in [6, 6.07) is 8.57. The highest BCUT2D eigenvalue weighted by molar-refractivity contribution is 5.41. The standard InChI is InChI=1S/C17H21NO/c1-4-13-19-14-7-5-6-8-16-9-11-17(12-10-16)15(2)18-3/h9-12,15,18H,4,13-14H2,1-3H3. The van der Waals surface area contributed by atoms with E-state index >= 15 is 0 Å². The molecule has 0 radical (unpaired) electrons. The predicted molar refractivity (Wildman–Crippen MR) is 79.7 cm³/mol. The molecule has 0 saturated carbocycles. The van der Waals surface area contributed by atoms with E-state index in [2.05, 4.69) is 55.0 Å². The average molecular weight is 255 g/mol. The third-order valence-electron chi connectivity index (χ3n) is 2.72. The van der Waals surface area contributed by atoms with Crippen LogP contribution in [-0.2, 0) is 4.74 Å². The van der Waals surface area contributed by atoms with Crippen molar-refractivity contribution in [2.24, 2.45) is 0 Å². The molecule has 0 spiro atoms. The fourth-order valence-electron chi connectivity index (χ4n) is 1.47. The largest absolute Gasteiger partial charge is 0.369 e. The Balaban J connectivity index is 2.49. The molecule has 0 bridgehead atoms. The molecule has 2 nitrogen and oxygen atoms in total. The van der Waals surface area contributed by atoms with Crippen LogP contribution in [0.25, 0.3) is 0 Å². The Morgan fingerprint density at radius 2 is 1.95 bits per heavy atom. The van der Waals surface area contributed by atoms with Gasteiger partial charge in [0.15, 0.2) is 0 Å². The second-order valence-corrected chi connectivity index (χ2v) is 4.24. The van der Waals surface area contributed by atoms with Gasteiger partial charge in [-0.25, -0.2) is 0 Å². The van der Waals surface area contributed by atoms with Gasteiger partial charge < -0.3 is 10.1 Å². The van der Waals surface area contributed by atoms with Gasteiger partial charge in [0.25, 0.3) is 0 Å². The lowest BCUT2D eigenvalue weighted by Crippen LogP contribution is -2.11. The van der Waals surface area contributed by atoms with Crippen molar-refractivity contribution in [2.45, 2.75) is 26.3 Å². The van der Waals surface area contributed by atoms with Crippen molar-refractivity contribution >= 4 is 0 Å². The first kappa shape index (κ1) is 15.3. The summed E-state index contributed by atoms with van der Waals surface area (Å²) in [5, 5.41) is 3.21. The predicted octanol–water partition coefficient (Wildman–Crippen LogP) is 2.75. The minimum atomic E-state index is 0.359. The van der Waals surface area contributed by atoms with Gasteiger partial charge in [0.05, 0.1) is 0 Å². The lowest BCUT2D eigenvalue weighted by molar-refractivity contribution is 0.168. The summed E-state index contributed by atoms with van der Waals surface area (Å²) in [6.45, 7) is 5.42. The first-order valence-corrected chi connectivity index (χ1v) is 6.61. The molecule has 1 N–H and O–H groups in total. The van der Waals surface area contributed by atoms with Crippen LogP contribution in [-0.4, -0.2) is 20.3 Å². The molecule has 0 amide bonds. The number of ether oxygens (including phenoxy) is 1. The van der Waals surface area contributed by atoms with Crippen LogP contribution in [0.15, 0.2) is 24.3 Å². The van der Waals surface area contributed by atoms with E-state index in [1.807, 2.05) is 19.2 Å².